The number of halogens is 2. The zero-order chi connectivity index (χ0) is 28.2. The summed E-state index contributed by atoms with van der Waals surface area (Å²) in [6.45, 7) is 0.737. The number of ether oxygens (including phenoxy) is 2. The fourth-order valence-electron chi connectivity index (χ4n) is 4.83. The molecule has 0 bridgehead atoms. The molecule has 0 atom stereocenters. The molecule has 4 aromatic rings. The number of nitriles is 1. The van der Waals surface area contributed by atoms with Gasteiger partial charge in [-0.2, -0.15) is 5.26 Å². The molecule has 1 fully saturated rings. The fourth-order valence-corrected chi connectivity index (χ4v) is 4.83. The van der Waals surface area contributed by atoms with Crippen LogP contribution in [-0.2, 0) is 4.74 Å². The summed E-state index contributed by atoms with van der Waals surface area (Å²) in [5, 5.41) is 13.3. The van der Waals surface area contributed by atoms with Crippen LogP contribution in [0.15, 0.2) is 59.1 Å². The Bertz CT molecular complexity index is 1570. The number of carbonyl (C=O) groups excluding carboxylic acids is 1. The Labute approximate surface area is 230 Å². The molecular formula is C30H28F2N4O4. The van der Waals surface area contributed by atoms with Gasteiger partial charge in [0.25, 0.3) is 12.3 Å². The Hall–Kier alpha value is -4.49. The molecule has 1 N–H and O–H groups in total. The Morgan fingerprint density at radius 1 is 1.18 bits per heavy atom. The number of hydrogen-bond acceptors (Lipinski definition) is 7. The first-order chi connectivity index (χ1) is 19.4. The molecule has 0 radical (unpaired) electrons. The molecule has 0 saturated carbocycles. The highest BCUT2D eigenvalue weighted by Crippen LogP contribution is 2.38. The molecule has 10 heteroatoms. The number of benzene rings is 2. The zero-order valence-electron chi connectivity index (χ0n) is 22.1. The molecule has 1 aliphatic rings. The maximum Gasteiger partial charge on any atom is 0.255 e. The van der Waals surface area contributed by atoms with Crippen LogP contribution in [0.3, 0.4) is 0 Å². The number of carbonyl (C=O) groups is 1. The van der Waals surface area contributed by atoms with E-state index in [1.807, 2.05) is 24.3 Å². The van der Waals surface area contributed by atoms with Crippen molar-refractivity contribution in [2.75, 3.05) is 39.2 Å². The number of nitrogens with zero attached hydrogens (tertiary/aromatic N) is 3. The van der Waals surface area contributed by atoms with E-state index in [0.29, 0.717) is 47.0 Å². The van der Waals surface area contributed by atoms with Crippen molar-refractivity contribution >= 4 is 22.7 Å². The number of fused-ring (bicyclic) bond motifs is 1. The van der Waals surface area contributed by atoms with Gasteiger partial charge in [-0.15, -0.1) is 0 Å². The van der Waals surface area contributed by atoms with Crippen LogP contribution in [-0.4, -0.2) is 62.2 Å². The van der Waals surface area contributed by atoms with Gasteiger partial charge < -0.3 is 24.1 Å². The summed E-state index contributed by atoms with van der Waals surface area (Å²) < 4.78 is 42.7. The van der Waals surface area contributed by atoms with Crippen molar-refractivity contribution in [3.63, 3.8) is 0 Å². The Balaban J connectivity index is 1.47. The van der Waals surface area contributed by atoms with Crippen molar-refractivity contribution < 1.29 is 27.5 Å². The number of anilines is 1. The standard InChI is InChI=1S/C30H28F2N4O4/c1-36(17-28(31)32)30(37)19-3-5-23(26(14-19)38-2)27-15-25-29(40-27)22(7-10-34-25)18-4-6-24(20(13-18)16-33)35-21-8-11-39-12-9-21/h3-7,10,13-15,21,28,35H,8-9,11-12,17H2,1-2H3. The highest BCUT2D eigenvalue weighted by Gasteiger charge is 2.21. The summed E-state index contributed by atoms with van der Waals surface area (Å²) >= 11 is 0. The van der Waals surface area contributed by atoms with Crippen LogP contribution in [0.5, 0.6) is 5.75 Å². The first kappa shape index (κ1) is 27.1. The van der Waals surface area contributed by atoms with Gasteiger partial charge in [0.2, 0.25) is 0 Å². The normalized spacial score (nSPS) is 13.8. The van der Waals surface area contributed by atoms with E-state index >= 15 is 0 Å². The third kappa shape index (κ3) is 5.60. The summed E-state index contributed by atoms with van der Waals surface area (Å²) in [4.78, 5) is 18.0. The second kappa shape index (κ2) is 11.7. The maximum atomic E-state index is 12.7. The summed E-state index contributed by atoms with van der Waals surface area (Å²) in [6.07, 6.45) is 0.820. The van der Waals surface area contributed by atoms with Crippen molar-refractivity contribution in [3.8, 4) is 34.3 Å². The fraction of sp³-hybridized carbons (Fsp3) is 0.300. The first-order valence-electron chi connectivity index (χ1n) is 12.9. The lowest BCUT2D eigenvalue weighted by Gasteiger charge is -2.24. The zero-order valence-corrected chi connectivity index (χ0v) is 22.1. The maximum absolute atomic E-state index is 12.7. The van der Waals surface area contributed by atoms with Crippen molar-refractivity contribution in [2.45, 2.75) is 25.3 Å². The third-order valence-corrected chi connectivity index (χ3v) is 6.92. The van der Waals surface area contributed by atoms with Gasteiger partial charge >= 0.3 is 0 Å². The van der Waals surface area contributed by atoms with E-state index in [2.05, 4.69) is 16.4 Å². The van der Waals surface area contributed by atoms with Crippen molar-refractivity contribution in [2.24, 2.45) is 0 Å². The lowest BCUT2D eigenvalue weighted by atomic mass is 10.0. The van der Waals surface area contributed by atoms with Crippen molar-refractivity contribution in [3.05, 3.63) is 65.9 Å². The number of rotatable bonds is 8. The molecule has 3 heterocycles. The third-order valence-electron chi connectivity index (χ3n) is 6.92. The number of aromatic nitrogens is 1. The summed E-state index contributed by atoms with van der Waals surface area (Å²) in [7, 11) is 2.79. The van der Waals surface area contributed by atoms with Gasteiger partial charge in [0.05, 0.1) is 30.5 Å². The van der Waals surface area contributed by atoms with Crippen LogP contribution in [0.1, 0.15) is 28.8 Å². The first-order valence-corrected chi connectivity index (χ1v) is 12.9. The second-order valence-corrected chi connectivity index (χ2v) is 9.58. The Morgan fingerprint density at radius 2 is 1.98 bits per heavy atom. The molecule has 2 aromatic carbocycles. The van der Waals surface area contributed by atoms with Gasteiger partial charge in [-0.1, -0.05) is 6.07 Å². The van der Waals surface area contributed by atoms with Crippen LogP contribution < -0.4 is 10.1 Å². The van der Waals surface area contributed by atoms with E-state index in [4.69, 9.17) is 13.9 Å². The number of nitrogens with one attached hydrogen (secondary N) is 1. The van der Waals surface area contributed by atoms with Gasteiger partial charge in [0.15, 0.2) is 5.58 Å². The highest BCUT2D eigenvalue weighted by molar-refractivity contribution is 5.96. The molecule has 40 heavy (non-hydrogen) atoms. The molecule has 206 valence electrons. The largest absolute Gasteiger partial charge is 0.496 e. The lowest BCUT2D eigenvalue weighted by Crippen LogP contribution is -2.31. The van der Waals surface area contributed by atoms with E-state index in [1.165, 1.54) is 20.2 Å². The summed E-state index contributed by atoms with van der Waals surface area (Å²) in [5.41, 5.74) is 4.81. The average Bonchev–Trinajstić information content (AvgIpc) is 3.41. The van der Waals surface area contributed by atoms with Gasteiger partial charge in [-0.25, -0.2) is 8.78 Å². The molecule has 2 aromatic heterocycles. The van der Waals surface area contributed by atoms with Gasteiger partial charge in [0.1, 0.15) is 23.1 Å². The molecule has 1 amide bonds. The van der Waals surface area contributed by atoms with Crippen molar-refractivity contribution in [1.29, 1.82) is 5.26 Å². The van der Waals surface area contributed by atoms with Gasteiger partial charge in [-0.3, -0.25) is 9.78 Å². The van der Waals surface area contributed by atoms with E-state index < -0.39 is 18.9 Å². The molecule has 8 nitrogen and oxygen atoms in total. The van der Waals surface area contributed by atoms with E-state index in [1.54, 1.807) is 24.4 Å². The minimum atomic E-state index is -2.63. The van der Waals surface area contributed by atoms with Gasteiger partial charge in [-0.05, 0) is 54.8 Å². The van der Waals surface area contributed by atoms with Crippen LogP contribution >= 0.6 is 0 Å². The molecule has 5 rings (SSSR count). The van der Waals surface area contributed by atoms with Crippen LogP contribution in [0, 0.1) is 11.3 Å². The number of furan rings is 1. The number of hydrogen-bond donors (Lipinski definition) is 1. The predicted octanol–water partition coefficient (Wildman–Crippen LogP) is 5.97. The quantitative estimate of drug-likeness (QED) is 0.291. The number of methoxy groups -OCH3 is 1. The number of alkyl halides is 2. The SMILES string of the molecule is COc1cc(C(=O)N(C)CC(F)F)ccc1-c1cc2nccc(-c3ccc(NC4CCOCC4)c(C#N)c3)c2o1. The predicted molar refractivity (Wildman–Crippen MR) is 147 cm³/mol. The molecular weight excluding hydrogens is 518 g/mol. The minimum Gasteiger partial charge on any atom is -0.496 e. The molecule has 1 saturated heterocycles. The Kier molecular flexibility index (Phi) is 7.94. The van der Waals surface area contributed by atoms with Crippen LogP contribution in [0.25, 0.3) is 33.6 Å². The topological polar surface area (TPSA) is 101 Å². The van der Waals surface area contributed by atoms with Gasteiger partial charge in [0, 0.05) is 49.7 Å². The number of pyridine rings is 1. The summed E-state index contributed by atoms with van der Waals surface area (Å²) in [6, 6.07) is 16.5. The second-order valence-electron chi connectivity index (χ2n) is 9.58. The number of amides is 1. The van der Waals surface area contributed by atoms with E-state index in [-0.39, 0.29) is 11.6 Å². The molecule has 0 aliphatic carbocycles. The molecule has 1 aliphatic heterocycles. The minimum absolute atomic E-state index is 0.220. The van der Waals surface area contributed by atoms with Crippen LogP contribution in [0.4, 0.5) is 14.5 Å². The lowest BCUT2D eigenvalue weighted by molar-refractivity contribution is 0.0620. The average molecular weight is 547 g/mol. The molecule has 0 unspecified atom stereocenters. The monoisotopic (exact) mass is 546 g/mol. The highest BCUT2D eigenvalue weighted by atomic mass is 19.3. The Morgan fingerprint density at radius 3 is 2.70 bits per heavy atom. The smallest absolute Gasteiger partial charge is 0.255 e. The molecule has 0 spiro atoms. The van der Waals surface area contributed by atoms with Crippen LogP contribution in [0.2, 0.25) is 0 Å². The van der Waals surface area contributed by atoms with Crippen molar-refractivity contribution in [1.82, 2.24) is 9.88 Å². The van der Waals surface area contributed by atoms with E-state index in [9.17, 15) is 18.8 Å². The van der Waals surface area contributed by atoms with E-state index in [0.717, 1.165) is 34.6 Å². The summed E-state index contributed by atoms with van der Waals surface area (Å²) in [5.74, 6) is 0.277.